The summed E-state index contributed by atoms with van der Waals surface area (Å²) in [5.74, 6) is -7.79. The van der Waals surface area contributed by atoms with Crippen LogP contribution in [0.15, 0.2) is 0 Å². The van der Waals surface area contributed by atoms with Crippen LogP contribution in [-0.4, -0.2) is 51.1 Å². The van der Waals surface area contributed by atoms with Crippen molar-refractivity contribution in [3.8, 4) is 0 Å². The summed E-state index contributed by atoms with van der Waals surface area (Å²) in [7, 11) is 0.457. The van der Waals surface area contributed by atoms with E-state index in [1.54, 1.807) is 0 Å². The van der Waals surface area contributed by atoms with Crippen LogP contribution in [0.3, 0.4) is 0 Å². The molecule has 11 heteroatoms. The van der Waals surface area contributed by atoms with Crippen LogP contribution < -0.4 is 0 Å². The molecule has 0 radical (unpaired) electrons. The zero-order valence-corrected chi connectivity index (χ0v) is 9.40. The van der Waals surface area contributed by atoms with Gasteiger partial charge in [-0.15, -0.1) is 0 Å². The summed E-state index contributed by atoms with van der Waals surface area (Å²) in [4.78, 5) is 10.4. The Labute approximate surface area is 102 Å². The molecule has 0 aromatic heterocycles. The number of rotatable bonds is 7. The molecule has 0 atom stereocenters. The highest BCUT2D eigenvalue weighted by molar-refractivity contribution is 5.78. The molecule has 0 unspecified atom stereocenters. The zero-order chi connectivity index (χ0) is 15.3. The first-order valence-electron chi connectivity index (χ1n) is 4.56. The third-order valence-corrected chi connectivity index (χ3v) is 1.58. The van der Waals surface area contributed by atoms with Crippen molar-refractivity contribution in [3.63, 3.8) is 0 Å². The van der Waals surface area contributed by atoms with Crippen molar-refractivity contribution in [1.82, 2.24) is 0 Å². The van der Waals surface area contributed by atoms with Crippen molar-refractivity contribution in [3.05, 3.63) is 0 Å². The Morgan fingerprint density at radius 1 is 1.00 bits per heavy atom. The first-order valence-corrected chi connectivity index (χ1v) is 4.56. The molecule has 0 heterocycles. The number of ether oxygens (including phenoxy) is 3. The van der Waals surface area contributed by atoms with Gasteiger partial charge in [0.2, 0.25) is 0 Å². The van der Waals surface area contributed by atoms with Gasteiger partial charge in [0.15, 0.2) is 0 Å². The van der Waals surface area contributed by atoms with Crippen LogP contribution in [0.4, 0.5) is 30.7 Å². The first-order chi connectivity index (χ1) is 8.44. The predicted octanol–water partition coefficient (Wildman–Crippen LogP) is 1.98. The molecular formula is C8H9F7O4. The number of esters is 1. The van der Waals surface area contributed by atoms with E-state index in [1.807, 2.05) is 0 Å². The number of methoxy groups -OCH3 is 1. The molecule has 0 saturated heterocycles. The predicted molar refractivity (Wildman–Crippen MR) is 44.7 cm³/mol. The molecule has 19 heavy (non-hydrogen) atoms. The number of hydrogen-bond donors (Lipinski definition) is 0. The van der Waals surface area contributed by atoms with Crippen molar-refractivity contribution >= 4 is 5.97 Å². The van der Waals surface area contributed by atoms with Gasteiger partial charge in [0.25, 0.3) is 0 Å². The Bertz CT molecular complexity index is 302. The summed E-state index contributed by atoms with van der Waals surface area (Å²) in [6.07, 6.45) is -9.90. The third kappa shape index (κ3) is 5.59. The van der Waals surface area contributed by atoms with E-state index >= 15 is 0 Å². The molecule has 0 amide bonds. The van der Waals surface area contributed by atoms with Gasteiger partial charge in [0.05, 0.1) is 20.3 Å². The van der Waals surface area contributed by atoms with Crippen LogP contribution >= 0.6 is 0 Å². The summed E-state index contributed by atoms with van der Waals surface area (Å²) in [5, 5.41) is 0. The quantitative estimate of drug-likeness (QED) is 0.410. The molecule has 0 rings (SSSR count). The fourth-order valence-corrected chi connectivity index (χ4v) is 0.754. The molecule has 4 nitrogen and oxygen atoms in total. The Morgan fingerprint density at radius 3 is 1.95 bits per heavy atom. The Balaban J connectivity index is 4.21. The van der Waals surface area contributed by atoms with Gasteiger partial charge in [0, 0.05) is 0 Å². The van der Waals surface area contributed by atoms with Crippen LogP contribution in [-0.2, 0) is 19.0 Å². The first kappa shape index (κ1) is 17.9. The lowest BCUT2D eigenvalue weighted by Crippen LogP contribution is -2.50. The van der Waals surface area contributed by atoms with Crippen molar-refractivity contribution in [2.75, 3.05) is 26.9 Å². The van der Waals surface area contributed by atoms with Crippen LogP contribution in [0.1, 0.15) is 0 Å². The molecule has 0 aromatic carbocycles. The molecule has 0 spiro atoms. The lowest BCUT2D eigenvalue weighted by atomic mass is 10.3. The van der Waals surface area contributed by atoms with Crippen molar-refractivity contribution in [2.45, 2.75) is 18.2 Å². The summed E-state index contributed by atoms with van der Waals surface area (Å²) in [6, 6.07) is 0. The van der Waals surface area contributed by atoms with Gasteiger partial charge in [-0.1, -0.05) is 0 Å². The van der Waals surface area contributed by atoms with E-state index in [2.05, 4.69) is 14.2 Å². The minimum absolute atomic E-state index is 0.457. The Hall–Kier alpha value is -1.10. The molecular weight excluding hydrogens is 293 g/mol. The van der Waals surface area contributed by atoms with Crippen molar-refractivity contribution in [2.24, 2.45) is 0 Å². The second-order valence-corrected chi connectivity index (χ2v) is 3.10. The molecule has 0 aliphatic rings. The number of alkyl halides is 7. The maximum atomic E-state index is 12.7. The highest BCUT2D eigenvalue weighted by Gasteiger charge is 2.64. The molecule has 0 saturated carbocycles. The molecule has 0 aliphatic carbocycles. The number of carbonyl (C=O) groups is 1. The largest absolute Gasteiger partial charge is 0.464 e. The average Bonchev–Trinajstić information content (AvgIpc) is 2.25. The van der Waals surface area contributed by atoms with Gasteiger partial charge in [-0.25, -0.2) is 4.79 Å². The fraction of sp³-hybridized carbons (Fsp3) is 0.875. The van der Waals surface area contributed by atoms with Gasteiger partial charge >= 0.3 is 24.2 Å². The number of hydrogen-bond acceptors (Lipinski definition) is 4. The second-order valence-electron chi connectivity index (χ2n) is 3.10. The van der Waals surface area contributed by atoms with E-state index in [-0.39, 0.29) is 0 Å². The summed E-state index contributed by atoms with van der Waals surface area (Å²) < 4.78 is 96.3. The minimum atomic E-state index is -5.26. The van der Waals surface area contributed by atoms with Crippen LogP contribution in [0, 0.1) is 0 Å². The molecule has 0 N–H and O–H groups in total. The van der Waals surface area contributed by atoms with Gasteiger partial charge < -0.3 is 14.2 Å². The molecule has 0 bridgehead atoms. The fourth-order valence-electron chi connectivity index (χ4n) is 0.754. The molecule has 114 valence electrons. The van der Waals surface area contributed by atoms with E-state index in [4.69, 9.17) is 0 Å². The van der Waals surface area contributed by atoms with Crippen LogP contribution in [0.5, 0.6) is 0 Å². The van der Waals surface area contributed by atoms with Crippen LogP contribution in [0.2, 0.25) is 0 Å². The number of halogens is 7. The minimum Gasteiger partial charge on any atom is -0.464 e. The monoisotopic (exact) mass is 302 g/mol. The number of carbonyl (C=O) groups excluding carboxylic acids is 1. The smallest absolute Gasteiger partial charge is 0.431 e. The third-order valence-electron chi connectivity index (χ3n) is 1.58. The summed E-state index contributed by atoms with van der Waals surface area (Å²) in [5.41, 5.74) is 0. The Morgan fingerprint density at radius 2 is 1.53 bits per heavy atom. The van der Waals surface area contributed by atoms with Crippen molar-refractivity contribution < 1.29 is 49.7 Å². The van der Waals surface area contributed by atoms with E-state index < -0.39 is 44.0 Å². The topological polar surface area (TPSA) is 44.8 Å². The van der Waals surface area contributed by atoms with Gasteiger partial charge in [-0.2, -0.15) is 30.7 Å². The highest BCUT2D eigenvalue weighted by Crippen LogP contribution is 2.36. The lowest BCUT2D eigenvalue weighted by Gasteiger charge is -2.23. The van der Waals surface area contributed by atoms with E-state index in [9.17, 15) is 35.5 Å². The standard InChI is InChI=1S/C8H9F7O4/c1-17-5(16)7(12,13)8(14,15)19-3-2-18-4-6(9,10)11/h2-4H2,1H3. The van der Waals surface area contributed by atoms with Crippen LogP contribution in [0.25, 0.3) is 0 Å². The van der Waals surface area contributed by atoms with Gasteiger partial charge in [-0.05, 0) is 0 Å². The van der Waals surface area contributed by atoms with E-state index in [0.29, 0.717) is 7.11 Å². The maximum Gasteiger partial charge on any atom is 0.431 e. The summed E-state index contributed by atoms with van der Waals surface area (Å²) in [6.45, 7) is -4.02. The zero-order valence-electron chi connectivity index (χ0n) is 9.40. The highest BCUT2D eigenvalue weighted by atomic mass is 19.4. The average molecular weight is 302 g/mol. The SMILES string of the molecule is COC(=O)C(F)(F)C(F)(F)OCCOCC(F)(F)F. The Kier molecular flexibility index (Phi) is 6.00. The van der Waals surface area contributed by atoms with Gasteiger partial charge in [0.1, 0.15) is 6.61 Å². The summed E-state index contributed by atoms with van der Waals surface area (Å²) >= 11 is 0. The van der Waals surface area contributed by atoms with E-state index in [1.165, 1.54) is 0 Å². The van der Waals surface area contributed by atoms with E-state index in [0.717, 1.165) is 0 Å². The normalized spacial score (nSPS) is 13.5. The maximum absolute atomic E-state index is 12.7. The lowest BCUT2D eigenvalue weighted by molar-refractivity contribution is -0.341. The molecule has 0 aliphatic heterocycles. The molecule has 0 fully saturated rings. The second kappa shape index (κ2) is 6.37. The molecule has 0 aromatic rings. The van der Waals surface area contributed by atoms with Crippen molar-refractivity contribution in [1.29, 1.82) is 0 Å². The van der Waals surface area contributed by atoms with Gasteiger partial charge in [-0.3, -0.25) is 0 Å².